The monoisotopic (exact) mass is 549 g/mol. The summed E-state index contributed by atoms with van der Waals surface area (Å²) in [6.07, 6.45) is 1.65. The Morgan fingerprint density at radius 1 is 0.921 bits per heavy atom. The Hall–Kier alpha value is -3.84. The third-order valence-corrected chi connectivity index (χ3v) is 6.32. The number of aromatic hydroxyl groups is 1. The maximum atomic E-state index is 13.1. The molecule has 0 aliphatic rings. The third kappa shape index (κ3) is 10.6. The fourth-order valence-corrected chi connectivity index (χ4v) is 3.99. The number of benzene rings is 2. The van der Waals surface area contributed by atoms with Crippen molar-refractivity contribution >= 4 is 34.4 Å². The summed E-state index contributed by atoms with van der Waals surface area (Å²) in [5.41, 5.74) is 12.6. The van der Waals surface area contributed by atoms with Gasteiger partial charge >= 0.3 is 0 Å². The summed E-state index contributed by atoms with van der Waals surface area (Å²) in [7, 11) is -1.25. The van der Waals surface area contributed by atoms with Gasteiger partial charge in [-0.1, -0.05) is 24.3 Å². The molecule has 0 aromatic heterocycles. The quantitative estimate of drug-likeness (QED) is 0.174. The second-order valence-corrected chi connectivity index (χ2v) is 10.2. The molecule has 0 fully saturated rings. The second-order valence-electron chi connectivity index (χ2n) is 8.68. The zero-order valence-electron chi connectivity index (χ0n) is 20.8. The minimum atomic E-state index is -1.25. The van der Waals surface area contributed by atoms with Crippen molar-refractivity contribution in [2.75, 3.05) is 18.6 Å². The molecular weight excluding hydrogens is 517 g/mol. The molecule has 13 heteroatoms. The van der Waals surface area contributed by atoms with Gasteiger partial charge < -0.3 is 32.5 Å². The maximum absolute atomic E-state index is 13.1. The number of halogens is 1. The average molecular weight is 550 g/mol. The van der Waals surface area contributed by atoms with Crippen LogP contribution in [0.1, 0.15) is 17.5 Å². The van der Waals surface area contributed by atoms with Crippen molar-refractivity contribution in [3.63, 3.8) is 0 Å². The van der Waals surface area contributed by atoms with E-state index in [4.69, 9.17) is 11.5 Å². The van der Waals surface area contributed by atoms with Gasteiger partial charge in [-0.2, -0.15) is 0 Å². The van der Waals surface area contributed by atoms with E-state index in [0.29, 0.717) is 11.1 Å². The van der Waals surface area contributed by atoms with Crippen molar-refractivity contribution in [3.8, 4) is 5.75 Å². The number of phenolic OH excluding ortho intramolecular Hbond substituents is 1. The standard InChI is InChI=1S/C25H32FN5O6S/c1-38(37)11-10-20(31-24(35)19(27)12-15-4-8-18(32)9-5-15)25(36)29-14-22(33)30-21(23(28)34)13-16-2-6-17(26)7-3-16/h2-9,19-21,32H,10-14,27H2,1H3,(H2,28,34)(H,29,36)(H,30,33)(H,31,35)/t19-,20+,21+,38-/m1/s1. The van der Waals surface area contributed by atoms with Crippen molar-refractivity contribution in [3.05, 3.63) is 65.5 Å². The Morgan fingerprint density at radius 2 is 1.50 bits per heavy atom. The molecule has 0 bridgehead atoms. The molecule has 8 N–H and O–H groups in total. The lowest BCUT2D eigenvalue weighted by Gasteiger charge is -2.21. The fraction of sp³-hybridized carbons (Fsp3) is 0.360. The van der Waals surface area contributed by atoms with Gasteiger partial charge in [0.05, 0.1) is 12.6 Å². The summed E-state index contributed by atoms with van der Waals surface area (Å²) in [6.45, 7) is -0.521. The molecule has 0 saturated carbocycles. The molecule has 0 radical (unpaired) electrons. The van der Waals surface area contributed by atoms with Crippen LogP contribution in [0.2, 0.25) is 0 Å². The highest BCUT2D eigenvalue weighted by molar-refractivity contribution is 7.84. The normalized spacial score (nSPS) is 14.0. The number of rotatable bonds is 14. The third-order valence-electron chi connectivity index (χ3n) is 5.51. The summed E-state index contributed by atoms with van der Waals surface area (Å²) < 4.78 is 24.7. The summed E-state index contributed by atoms with van der Waals surface area (Å²) in [5.74, 6) is -3.13. The molecule has 0 unspecified atom stereocenters. The van der Waals surface area contributed by atoms with Gasteiger partial charge in [-0.15, -0.1) is 0 Å². The summed E-state index contributed by atoms with van der Waals surface area (Å²) in [6, 6.07) is 8.26. The van der Waals surface area contributed by atoms with Crippen LogP contribution in [-0.4, -0.2) is 69.6 Å². The number of carbonyl (C=O) groups excluding carboxylic acids is 4. The Kier molecular flexibility index (Phi) is 11.8. The van der Waals surface area contributed by atoms with Crippen molar-refractivity contribution < 1.29 is 32.9 Å². The Labute approximate surface area is 222 Å². The first kappa shape index (κ1) is 30.4. The highest BCUT2D eigenvalue weighted by atomic mass is 32.2. The highest BCUT2D eigenvalue weighted by Crippen LogP contribution is 2.11. The molecule has 38 heavy (non-hydrogen) atoms. The van der Waals surface area contributed by atoms with Gasteiger partial charge in [0.1, 0.15) is 23.7 Å². The zero-order chi connectivity index (χ0) is 28.2. The van der Waals surface area contributed by atoms with E-state index in [2.05, 4.69) is 16.0 Å². The molecule has 2 rings (SSSR count). The smallest absolute Gasteiger partial charge is 0.243 e. The Bertz CT molecular complexity index is 1150. The number of hydrogen-bond donors (Lipinski definition) is 6. The number of primary amides is 1. The number of nitrogens with two attached hydrogens (primary N) is 2. The maximum Gasteiger partial charge on any atom is 0.243 e. The molecule has 0 saturated heterocycles. The van der Waals surface area contributed by atoms with Crippen molar-refractivity contribution in [2.45, 2.75) is 37.4 Å². The van der Waals surface area contributed by atoms with E-state index in [1.807, 2.05) is 0 Å². The molecule has 4 atom stereocenters. The minimum absolute atomic E-state index is 0.0230. The predicted molar refractivity (Wildman–Crippen MR) is 140 cm³/mol. The van der Waals surface area contributed by atoms with Crippen LogP contribution < -0.4 is 27.4 Å². The average Bonchev–Trinajstić information content (AvgIpc) is 2.86. The van der Waals surface area contributed by atoms with Crippen LogP contribution >= 0.6 is 0 Å². The molecule has 2 aromatic rings. The first-order valence-electron chi connectivity index (χ1n) is 11.7. The molecule has 206 valence electrons. The van der Waals surface area contributed by atoms with Crippen molar-refractivity contribution in [1.82, 2.24) is 16.0 Å². The lowest BCUT2D eigenvalue weighted by atomic mass is 10.0. The van der Waals surface area contributed by atoms with E-state index in [-0.39, 0.29) is 30.8 Å². The van der Waals surface area contributed by atoms with Crippen LogP contribution in [0.3, 0.4) is 0 Å². The van der Waals surface area contributed by atoms with Gasteiger partial charge in [0.15, 0.2) is 0 Å². The molecule has 2 aromatic carbocycles. The summed E-state index contributed by atoms with van der Waals surface area (Å²) in [5, 5.41) is 16.7. The van der Waals surface area contributed by atoms with Crippen molar-refractivity contribution in [2.24, 2.45) is 11.5 Å². The van der Waals surface area contributed by atoms with Gasteiger partial charge in [0.25, 0.3) is 0 Å². The van der Waals surface area contributed by atoms with E-state index in [9.17, 15) is 32.9 Å². The molecule has 0 spiro atoms. The first-order chi connectivity index (χ1) is 17.9. The van der Waals surface area contributed by atoms with E-state index in [1.165, 1.54) is 42.7 Å². The second kappa shape index (κ2) is 14.8. The molecule has 4 amide bonds. The molecule has 0 heterocycles. The number of phenols is 1. The molecular formula is C25H32FN5O6S. The van der Waals surface area contributed by atoms with Crippen LogP contribution in [0, 0.1) is 5.82 Å². The molecule has 11 nitrogen and oxygen atoms in total. The molecule has 0 aliphatic heterocycles. The largest absolute Gasteiger partial charge is 0.508 e. The lowest BCUT2D eigenvalue weighted by molar-refractivity contribution is -0.131. The number of hydrogen-bond acceptors (Lipinski definition) is 7. The highest BCUT2D eigenvalue weighted by Gasteiger charge is 2.25. The van der Waals surface area contributed by atoms with Gasteiger partial charge in [0.2, 0.25) is 23.6 Å². The van der Waals surface area contributed by atoms with E-state index < -0.39 is 64.9 Å². The summed E-state index contributed by atoms with van der Waals surface area (Å²) >= 11 is 0. The molecule has 0 aliphatic carbocycles. The van der Waals surface area contributed by atoms with Gasteiger partial charge in [-0.3, -0.25) is 23.4 Å². The first-order valence-corrected chi connectivity index (χ1v) is 13.4. The van der Waals surface area contributed by atoms with Crippen LogP contribution in [0.5, 0.6) is 5.75 Å². The number of amides is 4. The van der Waals surface area contributed by atoms with E-state index in [1.54, 1.807) is 12.1 Å². The fourth-order valence-electron chi connectivity index (χ4n) is 3.42. The zero-order valence-corrected chi connectivity index (χ0v) is 21.6. The predicted octanol–water partition coefficient (Wildman–Crippen LogP) is -1.02. The van der Waals surface area contributed by atoms with Gasteiger partial charge in [-0.05, 0) is 48.2 Å². The van der Waals surface area contributed by atoms with Gasteiger partial charge in [0, 0.05) is 29.2 Å². The van der Waals surface area contributed by atoms with Gasteiger partial charge in [-0.25, -0.2) is 4.39 Å². The van der Waals surface area contributed by atoms with Crippen LogP contribution in [0.25, 0.3) is 0 Å². The SMILES string of the molecule is C[S@@](=O)CC[C@H](NC(=O)[C@H](N)Cc1ccc(O)cc1)C(=O)NCC(=O)N[C@@H](Cc1ccc(F)cc1)C(N)=O. The lowest BCUT2D eigenvalue weighted by Crippen LogP contribution is -2.54. The van der Waals surface area contributed by atoms with E-state index in [0.717, 1.165) is 0 Å². The number of nitrogens with one attached hydrogen (secondary N) is 3. The van der Waals surface area contributed by atoms with Crippen molar-refractivity contribution in [1.29, 1.82) is 0 Å². The topological polar surface area (TPSA) is 194 Å². The number of carbonyl (C=O) groups is 4. The van der Waals surface area contributed by atoms with Crippen LogP contribution in [0.4, 0.5) is 4.39 Å². The Morgan fingerprint density at radius 3 is 2.08 bits per heavy atom. The minimum Gasteiger partial charge on any atom is -0.508 e. The van der Waals surface area contributed by atoms with E-state index >= 15 is 0 Å². The van der Waals surface area contributed by atoms with Crippen LogP contribution in [0.15, 0.2) is 48.5 Å². The van der Waals surface area contributed by atoms with Crippen LogP contribution in [-0.2, 0) is 42.8 Å². The Balaban J connectivity index is 1.95. The summed E-state index contributed by atoms with van der Waals surface area (Å²) in [4.78, 5) is 49.6.